The molecule has 0 atom stereocenters. The molecule has 0 unspecified atom stereocenters. The molecule has 7 nitrogen and oxygen atoms in total. The van der Waals surface area contributed by atoms with Crippen molar-refractivity contribution in [3.8, 4) is 0 Å². The zero-order chi connectivity index (χ0) is 20.4. The highest BCUT2D eigenvalue weighted by atomic mass is 32.2. The third-order valence-corrected chi connectivity index (χ3v) is 6.27. The predicted octanol–water partition coefficient (Wildman–Crippen LogP) is 3.81. The Bertz CT molecular complexity index is 1240. The van der Waals surface area contributed by atoms with Crippen LogP contribution in [0.5, 0.6) is 0 Å². The van der Waals surface area contributed by atoms with Crippen molar-refractivity contribution in [2.45, 2.75) is 37.6 Å². The largest absolute Gasteiger partial charge is 0.326 e. The van der Waals surface area contributed by atoms with Crippen molar-refractivity contribution in [2.24, 2.45) is 0 Å². The van der Waals surface area contributed by atoms with Gasteiger partial charge in [0.05, 0.1) is 5.52 Å². The molecule has 3 heterocycles. The summed E-state index contributed by atoms with van der Waals surface area (Å²) < 4.78 is 4.26. The summed E-state index contributed by atoms with van der Waals surface area (Å²) in [6.07, 6.45) is 3.54. The van der Waals surface area contributed by atoms with Gasteiger partial charge in [0.2, 0.25) is 11.7 Å². The number of carbonyl (C=O) groups excluding carboxylic acids is 1. The summed E-state index contributed by atoms with van der Waals surface area (Å²) in [7, 11) is 0. The normalized spacial score (nSPS) is 11.4. The Morgan fingerprint density at radius 1 is 1.28 bits per heavy atom. The van der Waals surface area contributed by atoms with Gasteiger partial charge in [-0.1, -0.05) is 13.0 Å². The van der Waals surface area contributed by atoms with Crippen LogP contribution in [-0.2, 0) is 17.8 Å². The molecule has 0 aliphatic carbocycles. The maximum Gasteiger partial charge on any atom is 0.272 e. The van der Waals surface area contributed by atoms with Gasteiger partial charge in [0.1, 0.15) is 10.5 Å². The van der Waals surface area contributed by atoms with Gasteiger partial charge in [-0.3, -0.25) is 18.6 Å². The molecule has 3 aromatic heterocycles. The lowest BCUT2D eigenvalue weighted by molar-refractivity contribution is -0.116. The van der Waals surface area contributed by atoms with Gasteiger partial charge in [-0.25, -0.2) is 0 Å². The Morgan fingerprint density at radius 2 is 2.14 bits per heavy atom. The first-order chi connectivity index (χ1) is 14.1. The Kier molecular flexibility index (Phi) is 5.68. The van der Waals surface area contributed by atoms with Crippen LogP contribution in [-0.4, -0.2) is 31.3 Å². The number of fused-ring (bicyclic) bond motifs is 3. The second-order valence-corrected chi connectivity index (χ2v) is 8.42. The van der Waals surface area contributed by atoms with Crippen molar-refractivity contribution in [1.29, 1.82) is 0 Å². The molecule has 0 aliphatic rings. The second-order valence-electron chi connectivity index (χ2n) is 6.62. The molecular formula is C20H21N5O2S2. The van der Waals surface area contributed by atoms with Crippen LogP contribution in [0, 0.1) is 0 Å². The Balaban J connectivity index is 1.60. The van der Waals surface area contributed by atoms with Crippen molar-refractivity contribution in [3.05, 3.63) is 51.9 Å². The van der Waals surface area contributed by atoms with E-state index in [0.717, 1.165) is 22.5 Å². The fourth-order valence-corrected chi connectivity index (χ4v) is 4.60. The second kappa shape index (κ2) is 8.38. The predicted molar refractivity (Wildman–Crippen MR) is 118 cm³/mol. The topological polar surface area (TPSA) is 81.3 Å². The van der Waals surface area contributed by atoms with Crippen LogP contribution in [0.4, 0.5) is 5.69 Å². The Labute approximate surface area is 175 Å². The lowest BCUT2D eigenvalue weighted by Gasteiger charge is -2.09. The number of rotatable bonds is 7. The van der Waals surface area contributed by atoms with Crippen LogP contribution >= 0.6 is 23.1 Å². The summed E-state index contributed by atoms with van der Waals surface area (Å²) in [5.74, 6) is 1.13. The standard InChI is InChI=1S/C20H21N5O2S2/c1-3-10-24-19(27)18-15(9-11-29-18)25-16(22-23-20(24)25)7-8-17(26)21-13-5-4-6-14(12-13)28-2/h4-6,9,11-12H,3,7-8,10H2,1-2H3,(H,21,26). The molecule has 0 spiro atoms. The molecule has 150 valence electrons. The van der Waals surface area contributed by atoms with Crippen LogP contribution in [0.2, 0.25) is 0 Å². The minimum Gasteiger partial charge on any atom is -0.326 e. The lowest BCUT2D eigenvalue weighted by atomic mass is 10.2. The van der Waals surface area contributed by atoms with E-state index in [2.05, 4.69) is 15.5 Å². The number of carbonyl (C=O) groups is 1. The molecule has 1 amide bonds. The molecule has 1 aromatic carbocycles. The van der Waals surface area contributed by atoms with E-state index in [1.165, 1.54) is 11.3 Å². The molecule has 0 radical (unpaired) electrons. The number of aryl methyl sites for hydroxylation is 2. The van der Waals surface area contributed by atoms with Crippen LogP contribution in [0.25, 0.3) is 16.0 Å². The van der Waals surface area contributed by atoms with Crippen molar-refractivity contribution in [1.82, 2.24) is 19.2 Å². The number of nitrogens with one attached hydrogen (secondary N) is 1. The van der Waals surface area contributed by atoms with E-state index in [0.29, 0.717) is 29.3 Å². The van der Waals surface area contributed by atoms with Gasteiger partial charge in [-0.2, -0.15) is 0 Å². The van der Waals surface area contributed by atoms with E-state index >= 15 is 0 Å². The summed E-state index contributed by atoms with van der Waals surface area (Å²) in [5, 5.41) is 13.4. The first kappa shape index (κ1) is 19.7. The van der Waals surface area contributed by atoms with Gasteiger partial charge in [0.25, 0.3) is 5.56 Å². The van der Waals surface area contributed by atoms with E-state index in [1.807, 2.05) is 53.3 Å². The number of benzene rings is 1. The molecule has 29 heavy (non-hydrogen) atoms. The fourth-order valence-electron chi connectivity index (χ4n) is 3.32. The number of amides is 1. The molecule has 0 saturated carbocycles. The van der Waals surface area contributed by atoms with E-state index in [-0.39, 0.29) is 17.9 Å². The average molecular weight is 428 g/mol. The van der Waals surface area contributed by atoms with Gasteiger partial charge in [0, 0.05) is 30.0 Å². The summed E-state index contributed by atoms with van der Waals surface area (Å²) in [6.45, 7) is 2.61. The molecule has 0 bridgehead atoms. The molecular weight excluding hydrogens is 406 g/mol. The van der Waals surface area contributed by atoms with Crippen LogP contribution in [0.15, 0.2) is 45.4 Å². The maximum atomic E-state index is 12.8. The number of hydrogen-bond acceptors (Lipinski definition) is 6. The number of thiophene rings is 1. The SMILES string of the molecule is CCCn1c(=O)c2sccc2n2c(CCC(=O)Nc3cccc(SC)c3)nnc12. The molecule has 9 heteroatoms. The third kappa shape index (κ3) is 3.79. The number of hydrogen-bond donors (Lipinski definition) is 1. The first-order valence-electron chi connectivity index (χ1n) is 9.40. The van der Waals surface area contributed by atoms with Gasteiger partial charge >= 0.3 is 0 Å². The zero-order valence-electron chi connectivity index (χ0n) is 16.2. The highest BCUT2D eigenvalue weighted by Crippen LogP contribution is 2.21. The molecule has 0 fully saturated rings. The van der Waals surface area contributed by atoms with Crippen LogP contribution in [0.3, 0.4) is 0 Å². The summed E-state index contributed by atoms with van der Waals surface area (Å²) in [6, 6.07) is 9.67. The van der Waals surface area contributed by atoms with E-state index < -0.39 is 0 Å². The molecule has 0 aliphatic heterocycles. The number of thioether (sulfide) groups is 1. The third-order valence-electron chi connectivity index (χ3n) is 4.66. The first-order valence-corrected chi connectivity index (χ1v) is 11.5. The number of aromatic nitrogens is 4. The molecule has 4 aromatic rings. The van der Waals surface area contributed by atoms with Gasteiger partial charge in [-0.05, 0) is 42.3 Å². The Morgan fingerprint density at radius 3 is 2.93 bits per heavy atom. The molecule has 1 N–H and O–H groups in total. The highest BCUT2D eigenvalue weighted by molar-refractivity contribution is 7.98. The summed E-state index contributed by atoms with van der Waals surface area (Å²) >= 11 is 3.05. The molecule has 0 saturated heterocycles. The average Bonchev–Trinajstić information content (AvgIpc) is 3.36. The van der Waals surface area contributed by atoms with E-state index in [1.54, 1.807) is 16.3 Å². The van der Waals surface area contributed by atoms with Crippen LogP contribution < -0.4 is 10.9 Å². The molecule has 4 rings (SSSR count). The smallest absolute Gasteiger partial charge is 0.272 e. The van der Waals surface area contributed by atoms with Crippen molar-refractivity contribution >= 4 is 50.7 Å². The van der Waals surface area contributed by atoms with Crippen molar-refractivity contribution < 1.29 is 4.79 Å². The number of nitrogens with zero attached hydrogens (tertiary/aromatic N) is 4. The minimum atomic E-state index is -0.0801. The number of anilines is 1. The van der Waals surface area contributed by atoms with Gasteiger partial charge < -0.3 is 5.32 Å². The van der Waals surface area contributed by atoms with Crippen LogP contribution in [0.1, 0.15) is 25.6 Å². The minimum absolute atomic E-state index is 0.0327. The summed E-state index contributed by atoms with van der Waals surface area (Å²) in [4.78, 5) is 26.3. The Hall–Kier alpha value is -2.65. The van der Waals surface area contributed by atoms with Crippen molar-refractivity contribution in [2.75, 3.05) is 11.6 Å². The van der Waals surface area contributed by atoms with Crippen molar-refractivity contribution in [3.63, 3.8) is 0 Å². The lowest BCUT2D eigenvalue weighted by Crippen LogP contribution is -2.22. The van der Waals surface area contributed by atoms with E-state index in [4.69, 9.17) is 0 Å². The zero-order valence-corrected chi connectivity index (χ0v) is 17.8. The fraction of sp³-hybridized carbons (Fsp3) is 0.300. The quantitative estimate of drug-likeness (QED) is 0.454. The highest BCUT2D eigenvalue weighted by Gasteiger charge is 2.17. The van der Waals surface area contributed by atoms with E-state index in [9.17, 15) is 9.59 Å². The van der Waals surface area contributed by atoms with Gasteiger partial charge in [-0.15, -0.1) is 33.3 Å². The maximum absolute atomic E-state index is 12.8. The monoisotopic (exact) mass is 427 g/mol. The summed E-state index contributed by atoms with van der Waals surface area (Å²) in [5.41, 5.74) is 1.55. The van der Waals surface area contributed by atoms with Gasteiger partial charge in [0.15, 0.2) is 0 Å².